The van der Waals surface area contributed by atoms with Crippen molar-refractivity contribution in [2.24, 2.45) is 5.14 Å². The number of anilines is 1. The number of aliphatic hydroxyl groups excluding tert-OH is 1. The quantitative estimate of drug-likeness (QED) is 0.485. The van der Waals surface area contributed by atoms with Crippen molar-refractivity contribution in [2.45, 2.75) is 41.7 Å². The predicted molar refractivity (Wildman–Crippen MR) is 109 cm³/mol. The third kappa shape index (κ3) is 4.40. The van der Waals surface area contributed by atoms with Gasteiger partial charge in [0, 0.05) is 11.3 Å². The van der Waals surface area contributed by atoms with Crippen LogP contribution in [0.1, 0.15) is 18.2 Å². The predicted octanol–water partition coefficient (Wildman–Crippen LogP) is 0.737. The lowest BCUT2D eigenvalue weighted by molar-refractivity contribution is -0.0415. The molecule has 11 nitrogen and oxygen atoms in total. The van der Waals surface area contributed by atoms with E-state index in [-0.39, 0.29) is 12.2 Å². The minimum absolute atomic E-state index is 0.161. The molecule has 1 aliphatic heterocycles. The molecule has 0 bridgehead atoms. The summed E-state index contributed by atoms with van der Waals surface area (Å²) in [6, 6.07) is 7.93. The van der Waals surface area contributed by atoms with Gasteiger partial charge in [0.25, 0.3) is 0 Å². The zero-order valence-electron chi connectivity index (χ0n) is 15.9. The van der Waals surface area contributed by atoms with Gasteiger partial charge in [-0.2, -0.15) is 13.5 Å². The highest BCUT2D eigenvalue weighted by Crippen LogP contribution is 2.38. The van der Waals surface area contributed by atoms with Crippen LogP contribution in [0.25, 0.3) is 11.0 Å². The molecule has 0 aliphatic carbocycles. The van der Waals surface area contributed by atoms with Gasteiger partial charge in [-0.25, -0.2) is 19.8 Å². The van der Waals surface area contributed by atoms with Gasteiger partial charge in [-0.05, 0) is 19.1 Å². The van der Waals surface area contributed by atoms with E-state index in [9.17, 15) is 13.5 Å². The highest BCUT2D eigenvalue weighted by Gasteiger charge is 2.38. The second kappa shape index (κ2) is 8.09. The molecular weight excluding hydrogens is 432 g/mol. The summed E-state index contributed by atoms with van der Waals surface area (Å²) in [5.41, 5.74) is 7.67. The molecule has 0 spiro atoms. The largest absolute Gasteiger partial charge is 0.390 e. The third-order valence-electron chi connectivity index (χ3n) is 4.60. The molecule has 3 heterocycles. The lowest BCUT2D eigenvalue weighted by atomic mass is 10.2. The maximum Gasteiger partial charge on any atom is 0.333 e. The molecule has 13 heteroatoms. The van der Waals surface area contributed by atoms with Crippen molar-refractivity contribution < 1.29 is 22.4 Å². The standard InChI is InChI=1S/C17H20N6O5S2/c1-9-2-4-10(5-3-9)29-17-14-15(18)20-8-21-16(14)23(22-17)13-6-11(24)12(28-13)7-27-30(19,25)26/h2-5,8,11-13,24H,6-7H2,1H3,(H2,18,20,21)(H2,19,25,26)/t11-,12-,13+/m0/s1. The molecule has 1 saturated heterocycles. The molecule has 5 N–H and O–H groups in total. The van der Waals surface area contributed by atoms with Crippen LogP contribution in [0.4, 0.5) is 5.82 Å². The normalized spacial score (nSPS) is 22.0. The number of fused-ring (bicyclic) bond motifs is 1. The van der Waals surface area contributed by atoms with Gasteiger partial charge < -0.3 is 15.6 Å². The molecule has 1 fully saturated rings. The molecule has 4 rings (SSSR count). The molecule has 1 aromatic carbocycles. The second-order valence-corrected chi connectivity index (χ2v) is 9.12. The molecule has 0 amide bonds. The lowest BCUT2D eigenvalue weighted by Gasteiger charge is -2.14. The van der Waals surface area contributed by atoms with E-state index in [1.54, 1.807) is 0 Å². The molecule has 3 atom stereocenters. The van der Waals surface area contributed by atoms with Crippen LogP contribution in [-0.2, 0) is 19.2 Å². The van der Waals surface area contributed by atoms with Gasteiger partial charge in [-0.1, -0.05) is 29.5 Å². The molecule has 0 radical (unpaired) electrons. The fraction of sp³-hybridized carbons (Fsp3) is 0.353. The minimum Gasteiger partial charge on any atom is -0.390 e. The van der Waals surface area contributed by atoms with Crippen LogP contribution in [0.2, 0.25) is 0 Å². The van der Waals surface area contributed by atoms with Crippen molar-refractivity contribution in [1.82, 2.24) is 19.7 Å². The number of aliphatic hydroxyl groups is 1. The van der Waals surface area contributed by atoms with Crippen LogP contribution in [0.3, 0.4) is 0 Å². The summed E-state index contributed by atoms with van der Waals surface area (Å²) in [6.45, 7) is 1.60. The number of hydrogen-bond acceptors (Lipinski definition) is 10. The van der Waals surface area contributed by atoms with Crippen LogP contribution < -0.4 is 10.9 Å². The zero-order chi connectivity index (χ0) is 21.5. The average molecular weight is 453 g/mol. The van der Waals surface area contributed by atoms with Gasteiger partial charge in [0.15, 0.2) is 11.9 Å². The van der Waals surface area contributed by atoms with Crippen LogP contribution in [0.5, 0.6) is 0 Å². The molecule has 2 aromatic heterocycles. The Hall–Kier alpha value is -2.29. The van der Waals surface area contributed by atoms with E-state index in [1.807, 2.05) is 31.2 Å². The van der Waals surface area contributed by atoms with E-state index in [0.717, 1.165) is 10.5 Å². The van der Waals surface area contributed by atoms with Gasteiger partial charge in [0.2, 0.25) is 0 Å². The monoisotopic (exact) mass is 452 g/mol. The molecule has 160 valence electrons. The Bertz CT molecular complexity index is 1170. The van der Waals surface area contributed by atoms with Crippen LogP contribution in [0.15, 0.2) is 40.5 Å². The average Bonchev–Trinajstić information content (AvgIpc) is 3.23. The number of benzene rings is 1. The number of nitrogen functional groups attached to an aromatic ring is 1. The van der Waals surface area contributed by atoms with Crippen molar-refractivity contribution >= 4 is 38.9 Å². The Labute approximate surface area is 176 Å². The van der Waals surface area contributed by atoms with Gasteiger partial charge in [-0.15, -0.1) is 0 Å². The Morgan fingerprint density at radius 2 is 2.07 bits per heavy atom. The van der Waals surface area contributed by atoms with Crippen molar-refractivity contribution in [2.75, 3.05) is 12.3 Å². The second-order valence-electron chi connectivity index (χ2n) is 6.83. The topological polar surface area (TPSA) is 168 Å². The number of nitrogens with two attached hydrogens (primary N) is 2. The fourth-order valence-electron chi connectivity index (χ4n) is 3.13. The molecule has 3 aromatic rings. The van der Waals surface area contributed by atoms with Gasteiger partial charge in [0.05, 0.1) is 18.1 Å². The highest BCUT2D eigenvalue weighted by molar-refractivity contribution is 7.99. The smallest absolute Gasteiger partial charge is 0.333 e. The third-order valence-corrected chi connectivity index (χ3v) is 6.05. The summed E-state index contributed by atoms with van der Waals surface area (Å²) in [4.78, 5) is 9.31. The number of rotatable bonds is 6. The molecule has 30 heavy (non-hydrogen) atoms. The van der Waals surface area contributed by atoms with E-state index in [0.29, 0.717) is 16.1 Å². The molecule has 0 unspecified atom stereocenters. The summed E-state index contributed by atoms with van der Waals surface area (Å²) in [6.07, 6.45) is -1.07. The van der Waals surface area contributed by atoms with Gasteiger partial charge in [-0.3, -0.25) is 4.18 Å². The number of nitrogens with zero attached hydrogens (tertiary/aromatic N) is 4. The first-order valence-electron chi connectivity index (χ1n) is 8.95. The van der Waals surface area contributed by atoms with Crippen molar-refractivity contribution in [3.8, 4) is 0 Å². The van der Waals surface area contributed by atoms with Gasteiger partial charge >= 0.3 is 10.3 Å². The molecule has 0 saturated carbocycles. The van der Waals surface area contributed by atoms with Crippen molar-refractivity contribution in [3.05, 3.63) is 36.2 Å². The minimum atomic E-state index is -4.15. The number of hydrogen-bond donors (Lipinski definition) is 3. The Kier molecular flexibility index (Phi) is 5.65. The number of ether oxygens (including phenoxy) is 1. The van der Waals surface area contributed by atoms with E-state index in [2.05, 4.69) is 19.2 Å². The first-order valence-corrected chi connectivity index (χ1v) is 11.2. The summed E-state index contributed by atoms with van der Waals surface area (Å²) in [5, 5.41) is 20.9. The van der Waals surface area contributed by atoms with Crippen molar-refractivity contribution in [3.63, 3.8) is 0 Å². The van der Waals surface area contributed by atoms with E-state index < -0.39 is 35.3 Å². The summed E-state index contributed by atoms with van der Waals surface area (Å²) >= 11 is 1.40. The lowest BCUT2D eigenvalue weighted by Crippen LogP contribution is -2.30. The number of aromatic nitrogens is 4. The van der Waals surface area contributed by atoms with Crippen LogP contribution in [0, 0.1) is 6.92 Å². The fourth-order valence-corrected chi connectivity index (χ4v) is 4.38. The Morgan fingerprint density at radius 3 is 2.77 bits per heavy atom. The maximum absolute atomic E-state index is 11.0. The molecular formula is C17H20N6O5S2. The van der Waals surface area contributed by atoms with Gasteiger partial charge in [0.1, 0.15) is 23.3 Å². The zero-order valence-corrected chi connectivity index (χ0v) is 17.5. The van der Waals surface area contributed by atoms with E-state index in [1.165, 1.54) is 22.8 Å². The first-order chi connectivity index (χ1) is 14.2. The van der Waals surface area contributed by atoms with E-state index >= 15 is 0 Å². The first kappa shape index (κ1) is 21.0. The molecule has 1 aliphatic rings. The maximum atomic E-state index is 11.0. The summed E-state index contributed by atoms with van der Waals surface area (Å²) in [5.74, 6) is 0.272. The number of aryl methyl sites for hydroxylation is 1. The van der Waals surface area contributed by atoms with Crippen LogP contribution in [-0.4, -0.2) is 52.1 Å². The van der Waals surface area contributed by atoms with E-state index in [4.69, 9.17) is 15.6 Å². The van der Waals surface area contributed by atoms with Crippen molar-refractivity contribution in [1.29, 1.82) is 0 Å². The Morgan fingerprint density at radius 1 is 1.33 bits per heavy atom. The van der Waals surface area contributed by atoms with Crippen LogP contribution >= 0.6 is 11.8 Å². The highest BCUT2D eigenvalue weighted by atomic mass is 32.2. The SMILES string of the molecule is Cc1ccc(Sc2nn([C@H]3C[C@H](O)[C@H](COS(N)(=O)=O)O3)c3ncnc(N)c23)cc1. The Balaban J connectivity index is 1.65. The summed E-state index contributed by atoms with van der Waals surface area (Å²) in [7, 11) is -4.15. The summed E-state index contributed by atoms with van der Waals surface area (Å²) < 4.78 is 33.9.